The summed E-state index contributed by atoms with van der Waals surface area (Å²) in [7, 11) is 1.46. The quantitative estimate of drug-likeness (QED) is 0.405. The van der Waals surface area contributed by atoms with Crippen LogP contribution in [0.3, 0.4) is 0 Å². The number of likely N-dealkylation sites (N-methyl/N-ethyl adjacent to an activating group) is 1. The number of phenolic OH excluding ortho intramolecular Hbond substituents is 1. The minimum atomic E-state index is -0.443. The molecule has 0 bridgehead atoms. The fourth-order valence-corrected chi connectivity index (χ4v) is 1.47. The molecule has 3 N–H and O–H groups in total. The molecule has 20 heavy (non-hydrogen) atoms. The Morgan fingerprint density at radius 1 is 1.45 bits per heavy atom. The van der Waals surface area contributed by atoms with E-state index in [2.05, 4.69) is 15.6 Å². The van der Waals surface area contributed by atoms with Crippen molar-refractivity contribution >= 4 is 18.5 Å². The monoisotopic (exact) mass is 275 g/mol. The Morgan fingerprint density at radius 2 is 2.20 bits per heavy atom. The maximum absolute atomic E-state index is 11.5. The van der Waals surface area contributed by atoms with Crippen LogP contribution in [0.5, 0.6) is 5.75 Å². The standard InChI is InChI=1S/C14H17N3O3/c1-3-10-4-5-13(19)11(6-10)7-17-12(8-16-9-18)14(20)15-2/h4-9,19H,3H2,1-2H3,(H,15,20)(H,16,18)/b12-8+,17-7?. The summed E-state index contributed by atoms with van der Waals surface area (Å²) in [5.74, 6) is -0.368. The first-order chi connectivity index (χ1) is 9.62. The molecule has 0 saturated carbocycles. The maximum Gasteiger partial charge on any atom is 0.271 e. The molecule has 6 heteroatoms. The molecule has 0 radical (unpaired) electrons. The lowest BCUT2D eigenvalue weighted by Gasteiger charge is -2.03. The van der Waals surface area contributed by atoms with E-state index in [1.807, 2.05) is 13.0 Å². The van der Waals surface area contributed by atoms with Gasteiger partial charge >= 0.3 is 0 Å². The summed E-state index contributed by atoms with van der Waals surface area (Å²) in [5.41, 5.74) is 1.58. The van der Waals surface area contributed by atoms with E-state index in [1.54, 1.807) is 12.1 Å². The van der Waals surface area contributed by atoms with Gasteiger partial charge in [-0.3, -0.25) is 9.59 Å². The van der Waals surface area contributed by atoms with Crippen molar-refractivity contribution < 1.29 is 14.7 Å². The molecule has 0 spiro atoms. The maximum atomic E-state index is 11.5. The third-order valence-electron chi connectivity index (χ3n) is 2.59. The molecule has 0 unspecified atom stereocenters. The van der Waals surface area contributed by atoms with Crippen molar-refractivity contribution in [2.45, 2.75) is 13.3 Å². The smallest absolute Gasteiger partial charge is 0.271 e. The Morgan fingerprint density at radius 3 is 2.80 bits per heavy atom. The van der Waals surface area contributed by atoms with Gasteiger partial charge in [-0.2, -0.15) is 0 Å². The number of aryl methyl sites for hydroxylation is 1. The lowest BCUT2D eigenvalue weighted by atomic mass is 10.1. The van der Waals surface area contributed by atoms with Gasteiger partial charge in [0.25, 0.3) is 5.91 Å². The second-order valence-electron chi connectivity index (χ2n) is 3.90. The highest BCUT2D eigenvalue weighted by Crippen LogP contribution is 2.17. The van der Waals surface area contributed by atoms with Gasteiger partial charge in [0, 0.05) is 25.0 Å². The summed E-state index contributed by atoms with van der Waals surface area (Å²) < 4.78 is 0. The second-order valence-corrected chi connectivity index (χ2v) is 3.90. The van der Waals surface area contributed by atoms with Gasteiger partial charge in [-0.05, 0) is 24.1 Å². The first-order valence-electron chi connectivity index (χ1n) is 6.10. The van der Waals surface area contributed by atoms with Crippen LogP contribution in [-0.4, -0.2) is 30.7 Å². The van der Waals surface area contributed by atoms with Crippen LogP contribution in [0.4, 0.5) is 0 Å². The van der Waals surface area contributed by atoms with Crippen LogP contribution in [0.2, 0.25) is 0 Å². The third kappa shape index (κ3) is 4.24. The van der Waals surface area contributed by atoms with Gasteiger partial charge < -0.3 is 15.7 Å². The number of nitrogens with one attached hydrogen (secondary N) is 2. The van der Waals surface area contributed by atoms with Crippen LogP contribution in [0.15, 0.2) is 35.1 Å². The molecule has 0 atom stereocenters. The summed E-state index contributed by atoms with van der Waals surface area (Å²) in [6.45, 7) is 2.00. The SMILES string of the molecule is CCc1ccc(O)c(C=N/C(=C/NC=O)C(=O)NC)c1. The molecule has 1 rings (SSSR count). The number of rotatable bonds is 6. The van der Waals surface area contributed by atoms with Gasteiger partial charge in [0.2, 0.25) is 6.41 Å². The summed E-state index contributed by atoms with van der Waals surface area (Å²) >= 11 is 0. The minimum absolute atomic E-state index is 0.0286. The van der Waals surface area contributed by atoms with Crippen molar-refractivity contribution in [1.29, 1.82) is 0 Å². The molecule has 1 aromatic carbocycles. The number of nitrogens with zero attached hydrogens (tertiary/aromatic N) is 1. The van der Waals surface area contributed by atoms with E-state index in [1.165, 1.54) is 19.5 Å². The van der Waals surface area contributed by atoms with Gasteiger partial charge in [0.05, 0.1) is 0 Å². The minimum Gasteiger partial charge on any atom is -0.507 e. The predicted molar refractivity (Wildman–Crippen MR) is 76.4 cm³/mol. The average molecular weight is 275 g/mol. The van der Waals surface area contributed by atoms with E-state index < -0.39 is 5.91 Å². The van der Waals surface area contributed by atoms with E-state index in [-0.39, 0.29) is 11.4 Å². The van der Waals surface area contributed by atoms with Crippen molar-refractivity contribution in [2.75, 3.05) is 7.05 Å². The first kappa shape index (κ1) is 15.4. The molecule has 2 amide bonds. The number of phenols is 1. The normalized spacial score (nSPS) is 11.4. The number of carbonyl (C=O) groups excluding carboxylic acids is 2. The topological polar surface area (TPSA) is 90.8 Å². The van der Waals surface area contributed by atoms with Crippen LogP contribution in [0.25, 0.3) is 0 Å². The number of carbonyl (C=O) groups is 2. The van der Waals surface area contributed by atoms with Crippen LogP contribution >= 0.6 is 0 Å². The molecule has 6 nitrogen and oxygen atoms in total. The Balaban J connectivity index is 3.03. The molecule has 106 valence electrons. The second kappa shape index (κ2) is 7.73. The number of hydrogen-bond acceptors (Lipinski definition) is 4. The fraction of sp³-hybridized carbons (Fsp3) is 0.214. The Kier molecular flexibility index (Phi) is 5.96. The number of amides is 2. The van der Waals surface area contributed by atoms with E-state index in [4.69, 9.17) is 0 Å². The molecule has 0 aliphatic carbocycles. The van der Waals surface area contributed by atoms with Crippen molar-refractivity contribution in [3.63, 3.8) is 0 Å². The lowest BCUT2D eigenvalue weighted by molar-refractivity contribution is -0.117. The van der Waals surface area contributed by atoms with Crippen LogP contribution < -0.4 is 10.6 Å². The molecule has 1 aromatic rings. The van der Waals surface area contributed by atoms with Gasteiger partial charge in [0.15, 0.2) is 0 Å². The Hall–Kier alpha value is -2.63. The molecular formula is C14H17N3O3. The van der Waals surface area contributed by atoms with Crippen LogP contribution in [-0.2, 0) is 16.0 Å². The third-order valence-corrected chi connectivity index (χ3v) is 2.59. The van der Waals surface area contributed by atoms with Gasteiger partial charge in [0.1, 0.15) is 11.4 Å². The molecular weight excluding hydrogens is 258 g/mol. The van der Waals surface area contributed by atoms with Crippen LogP contribution in [0.1, 0.15) is 18.1 Å². The summed E-state index contributed by atoms with van der Waals surface area (Å²) in [5, 5.41) is 14.4. The average Bonchev–Trinajstić information content (AvgIpc) is 2.48. The van der Waals surface area contributed by atoms with Crippen molar-refractivity contribution in [1.82, 2.24) is 10.6 Å². The molecule has 0 saturated heterocycles. The molecule has 0 aromatic heterocycles. The van der Waals surface area contributed by atoms with E-state index in [0.29, 0.717) is 12.0 Å². The number of hydrogen-bond donors (Lipinski definition) is 3. The molecule has 0 aliphatic rings. The largest absolute Gasteiger partial charge is 0.507 e. The van der Waals surface area contributed by atoms with Gasteiger partial charge in [-0.1, -0.05) is 13.0 Å². The fourth-order valence-electron chi connectivity index (χ4n) is 1.47. The zero-order valence-electron chi connectivity index (χ0n) is 11.4. The van der Waals surface area contributed by atoms with Crippen LogP contribution in [0, 0.1) is 0 Å². The Bertz CT molecular complexity index is 551. The zero-order chi connectivity index (χ0) is 15.0. The van der Waals surface area contributed by atoms with Crippen molar-refractivity contribution in [2.24, 2.45) is 4.99 Å². The number of benzene rings is 1. The number of aliphatic imine (C=N–C) groups is 1. The zero-order valence-corrected chi connectivity index (χ0v) is 11.4. The van der Waals surface area contributed by atoms with Gasteiger partial charge in [-0.25, -0.2) is 4.99 Å². The molecule has 0 heterocycles. The summed E-state index contributed by atoms with van der Waals surface area (Å²) in [6.07, 6.45) is 3.82. The Labute approximate surface area is 117 Å². The highest BCUT2D eigenvalue weighted by Gasteiger charge is 2.06. The van der Waals surface area contributed by atoms with E-state index >= 15 is 0 Å². The van der Waals surface area contributed by atoms with Crippen molar-refractivity contribution in [3.05, 3.63) is 41.2 Å². The summed E-state index contributed by atoms with van der Waals surface area (Å²) in [6, 6.07) is 5.18. The van der Waals surface area contributed by atoms with E-state index in [9.17, 15) is 14.7 Å². The first-order valence-corrected chi connectivity index (χ1v) is 6.10. The van der Waals surface area contributed by atoms with Gasteiger partial charge in [-0.15, -0.1) is 0 Å². The molecule has 0 aliphatic heterocycles. The highest BCUT2D eigenvalue weighted by atomic mass is 16.3. The lowest BCUT2D eigenvalue weighted by Crippen LogP contribution is -2.21. The predicted octanol–water partition coefficient (Wildman–Crippen LogP) is 0.707. The molecule has 0 fully saturated rings. The highest BCUT2D eigenvalue weighted by molar-refractivity contribution is 5.96. The number of aromatic hydroxyl groups is 1. The van der Waals surface area contributed by atoms with Crippen molar-refractivity contribution in [3.8, 4) is 5.75 Å². The van der Waals surface area contributed by atoms with E-state index in [0.717, 1.165) is 12.0 Å². The summed E-state index contributed by atoms with van der Waals surface area (Å²) in [4.78, 5) is 25.8.